The number of rotatable bonds is 3. The third-order valence-electron chi connectivity index (χ3n) is 4.39. The highest BCUT2D eigenvalue weighted by Crippen LogP contribution is 2.31. The first-order valence-electron chi connectivity index (χ1n) is 7.10. The van der Waals surface area contributed by atoms with Crippen molar-refractivity contribution in [3.63, 3.8) is 0 Å². The number of nitrogens with zero attached hydrogens (tertiary/aromatic N) is 1. The van der Waals surface area contributed by atoms with E-state index < -0.39 is 10.0 Å². The van der Waals surface area contributed by atoms with Crippen molar-refractivity contribution in [2.75, 3.05) is 18.8 Å². The first-order chi connectivity index (χ1) is 9.23. The van der Waals surface area contributed by atoms with Gasteiger partial charge in [0.2, 0.25) is 10.0 Å². The van der Waals surface area contributed by atoms with Crippen molar-refractivity contribution in [1.29, 1.82) is 0 Å². The SMILES string of the molecule is Cc1cc(N)cc(S(=O)(=O)N2CCC(C(C)C)C2)c1C. The molecule has 1 aliphatic rings. The average Bonchev–Trinajstić information content (AvgIpc) is 2.83. The zero-order valence-corrected chi connectivity index (χ0v) is 13.5. The second-order valence-electron chi connectivity index (χ2n) is 6.12. The van der Waals surface area contributed by atoms with Crippen LogP contribution in [-0.2, 0) is 10.0 Å². The van der Waals surface area contributed by atoms with Gasteiger partial charge in [-0.1, -0.05) is 13.8 Å². The Morgan fingerprint density at radius 3 is 2.50 bits per heavy atom. The molecule has 1 aliphatic heterocycles. The van der Waals surface area contributed by atoms with Gasteiger partial charge >= 0.3 is 0 Å². The van der Waals surface area contributed by atoms with Crippen molar-refractivity contribution in [3.8, 4) is 0 Å². The molecule has 20 heavy (non-hydrogen) atoms. The van der Waals surface area contributed by atoms with Gasteiger partial charge < -0.3 is 5.73 Å². The van der Waals surface area contributed by atoms with E-state index in [9.17, 15) is 8.42 Å². The van der Waals surface area contributed by atoms with Gasteiger partial charge in [0, 0.05) is 18.8 Å². The van der Waals surface area contributed by atoms with E-state index in [1.807, 2.05) is 19.9 Å². The highest BCUT2D eigenvalue weighted by atomic mass is 32.2. The van der Waals surface area contributed by atoms with Crippen molar-refractivity contribution in [2.24, 2.45) is 11.8 Å². The molecule has 2 N–H and O–H groups in total. The lowest BCUT2D eigenvalue weighted by Gasteiger charge is -2.20. The predicted octanol–water partition coefficient (Wildman–Crippen LogP) is 2.55. The molecule has 0 radical (unpaired) electrons. The molecule has 1 unspecified atom stereocenters. The van der Waals surface area contributed by atoms with E-state index in [4.69, 9.17) is 5.73 Å². The lowest BCUT2D eigenvalue weighted by atomic mass is 9.96. The summed E-state index contributed by atoms with van der Waals surface area (Å²) >= 11 is 0. The minimum Gasteiger partial charge on any atom is -0.399 e. The summed E-state index contributed by atoms with van der Waals surface area (Å²) in [6, 6.07) is 3.40. The fourth-order valence-corrected chi connectivity index (χ4v) is 4.62. The van der Waals surface area contributed by atoms with Crippen molar-refractivity contribution < 1.29 is 8.42 Å². The second kappa shape index (κ2) is 5.37. The highest BCUT2D eigenvalue weighted by molar-refractivity contribution is 7.89. The number of nitrogens with two attached hydrogens (primary N) is 1. The Kier molecular flexibility index (Phi) is 4.12. The van der Waals surface area contributed by atoms with Crippen molar-refractivity contribution in [3.05, 3.63) is 23.3 Å². The van der Waals surface area contributed by atoms with Gasteiger partial charge in [-0.15, -0.1) is 0 Å². The molecule has 112 valence electrons. The minimum atomic E-state index is -3.43. The van der Waals surface area contributed by atoms with E-state index in [2.05, 4.69) is 13.8 Å². The van der Waals surface area contributed by atoms with Crippen molar-refractivity contribution >= 4 is 15.7 Å². The van der Waals surface area contributed by atoms with E-state index in [0.717, 1.165) is 17.5 Å². The molecule has 5 heteroatoms. The average molecular weight is 296 g/mol. The molecule has 1 aromatic carbocycles. The molecule has 0 amide bonds. The summed E-state index contributed by atoms with van der Waals surface area (Å²) in [6.07, 6.45) is 0.942. The molecule has 0 bridgehead atoms. The van der Waals surface area contributed by atoms with E-state index >= 15 is 0 Å². The Bertz CT molecular complexity index is 609. The third-order valence-corrected chi connectivity index (χ3v) is 6.38. The molecule has 0 aliphatic carbocycles. The lowest BCUT2D eigenvalue weighted by Crippen LogP contribution is -2.30. The molecule has 1 fully saturated rings. The standard InChI is InChI=1S/C15H24N2O2S/c1-10(2)13-5-6-17(9-13)20(18,19)15-8-14(16)7-11(3)12(15)4/h7-8,10,13H,5-6,9,16H2,1-4H3. The highest BCUT2D eigenvalue weighted by Gasteiger charge is 2.34. The molecule has 4 nitrogen and oxygen atoms in total. The number of aryl methyl sites for hydroxylation is 1. The van der Waals surface area contributed by atoms with Crippen LogP contribution in [0.15, 0.2) is 17.0 Å². The number of sulfonamides is 1. The van der Waals surface area contributed by atoms with Crippen molar-refractivity contribution in [1.82, 2.24) is 4.31 Å². The number of anilines is 1. The van der Waals surface area contributed by atoms with Crippen LogP contribution in [0, 0.1) is 25.7 Å². The van der Waals surface area contributed by atoms with Gasteiger partial charge in [-0.05, 0) is 55.4 Å². The largest absolute Gasteiger partial charge is 0.399 e. The molecular weight excluding hydrogens is 272 g/mol. The molecule has 2 rings (SSSR count). The number of hydrogen-bond acceptors (Lipinski definition) is 3. The topological polar surface area (TPSA) is 63.4 Å². The molecule has 1 heterocycles. The first-order valence-corrected chi connectivity index (χ1v) is 8.54. The number of nitrogen functional groups attached to an aromatic ring is 1. The van der Waals surface area contributed by atoms with Crippen LogP contribution in [0.3, 0.4) is 0 Å². The zero-order chi connectivity index (χ0) is 15.1. The fraction of sp³-hybridized carbons (Fsp3) is 0.600. The van der Waals surface area contributed by atoms with Gasteiger partial charge in [-0.2, -0.15) is 4.31 Å². The van der Waals surface area contributed by atoms with Gasteiger partial charge in [0.25, 0.3) is 0 Å². The van der Waals surface area contributed by atoms with Crippen molar-refractivity contribution in [2.45, 2.75) is 39.0 Å². The second-order valence-corrected chi connectivity index (χ2v) is 8.02. The summed E-state index contributed by atoms with van der Waals surface area (Å²) in [5.74, 6) is 0.964. The maximum atomic E-state index is 12.8. The van der Waals surface area contributed by atoms with Crippen LogP contribution < -0.4 is 5.73 Å². The molecular formula is C15H24N2O2S. The monoisotopic (exact) mass is 296 g/mol. The summed E-state index contributed by atoms with van der Waals surface area (Å²) in [5, 5.41) is 0. The Morgan fingerprint density at radius 2 is 1.95 bits per heavy atom. The summed E-state index contributed by atoms with van der Waals surface area (Å²) < 4.78 is 27.2. The number of hydrogen-bond donors (Lipinski definition) is 1. The zero-order valence-electron chi connectivity index (χ0n) is 12.7. The van der Waals surface area contributed by atoms with Gasteiger partial charge in [-0.25, -0.2) is 8.42 Å². The van der Waals surface area contributed by atoms with Gasteiger partial charge in [0.05, 0.1) is 4.90 Å². The van der Waals surface area contributed by atoms with Crippen LogP contribution in [0.5, 0.6) is 0 Å². The van der Waals surface area contributed by atoms with Crippen LogP contribution >= 0.6 is 0 Å². The van der Waals surface area contributed by atoms with Crippen LogP contribution in [0.4, 0.5) is 5.69 Å². The fourth-order valence-electron chi connectivity index (χ4n) is 2.78. The van der Waals surface area contributed by atoms with E-state index in [1.165, 1.54) is 0 Å². The summed E-state index contributed by atoms with van der Waals surface area (Å²) in [7, 11) is -3.43. The molecule has 0 spiro atoms. The van der Waals surface area contributed by atoms with Gasteiger partial charge in [0.1, 0.15) is 0 Å². The lowest BCUT2D eigenvalue weighted by molar-refractivity contribution is 0.388. The molecule has 1 saturated heterocycles. The van der Waals surface area contributed by atoms with Crippen LogP contribution in [0.1, 0.15) is 31.4 Å². The Morgan fingerprint density at radius 1 is 1.30 bits per heavy atom. The van der Waals surface area contributed by atoms with E-state index in [0.29, 0.717) is 35.5 Å². The van der Waals surface area contributed by atoms with E-state index in [-0.39, 0.29) is 0 Å². The van der Waals surface area contributed by atoms with E-state index in [1.54, 1.807) is 10.4 Å². The Hall–Kier alpha value is -1.07. The molecule has 1 aromatic rings. The predicted molar refractivity (Wildman–Crippen MR) is 82.0 cm³/mol. The maximum absolute atomic E-state index is 12.8. The maximum Gasteiger partial charge on any atom is 0.243 e. The Balaban J connectivity index is 2.37. The van der Waals surface area contributed by atoms with Crippen LogP contribution in [-0.4, -0.2) is 25.8 Å². The Labute approximate surface area is 122 Å². The third kappa shape index (κ3) is 2.69. The normalized spacial score (nSPS) is 20.8. The van der Waals surface area contributed by atoms with Gasteiger partial charge in [0.15, 0.2) is 0 Å². The van der Waals surface area contributed by atoms with Crippen LogP contribution in [0.2, 0.25) is 0 Å². The van der Waals surface area contributed by atoms with Gasteiger partial charge in [-0.3, -0.25) is 0 Å². The molecule has 0 saturated carbocycles. The minimum absolute atomic E-state index is 0.361. The first kappa shape index (κ1) is 15.3. The number of benzene rings is 1. The van der Waals surface area contributed by atoms with Crippen LogP contribution in [0.25, 0.3) is 0 Å². The summed E-state index contributed by atoms with van der Waals surface area (Å²) in [5.41, 5.74) is 8.04. The summed E-state index contributed by atoms with van der Waals surface area (Å²) in [6.45, 7) is 9.27. The smallest absolute Gasteiger partial charge is 0.243 e. The quantitative estimate of drug-likeness (QED) is 0.872. The molecule has 0 aromatic heterocycles. The summed E-state index contributed by atoms with van der Waals surface area (Å²) in [4.78, 5) is 0.361. The molecule has 1 atom stereocenters.